The molecule has 1 N–H and O–H groups in total. The first kappa shape index (κ1) is 14.3. The monoisotopic (exact) mass is 276 g/mol. The first-order valence-corrected chi connectivity index (χ1v) is 6.11. The predicted octanol–water partition coefficient (Wildman–Crippen LogP) is 2.78. The van der Waals surface area contributed by atoms with E-state index in [9.17, 15) is 4.79 Å². The zero-order chi connectivity index (χ0) is 14.7. The number of fused-ring (bicyclic) bond motifs is 1. The van der Waals surface area contributed by atoms with Crippen LogP contribution in [0.2, 0.25) is 0 Å². The molecule has 2 rings (SSSR count). The van der Waals surface area contributed by atoms with Crippen molar-refractivity contribution in [1.82, 2.24) is 0 Å². The molecule has 0 fully saturated rings. The summed E-state index contributed by atoms with van der Waals surface area (Å²) in [5.41, 5.74) is 1.57. The van der Waals surface area contributed by atoms with Crippen molar-refractivity contribution in [2.45, 2.75) is 19.4 Å². The number of benzene rings is 1. The van der Waals surface area contributed by atoms with Crippen LogP contribution < -0.4 is 10.4 Å². The average Bonchev–Trinajstić information content (AvgIpc) is 2.43. The first-order chi connectivity index (χ1) is 9.55. The van der Waals surface area contributed by atoms with E-state index in [0.29, 0.717) is 23.3 Å². The van der Waals surface area contributed by atoms with Gasteiger partial charge in [-0.3, -0.25) is 5.26 Å². The van der Waals surface area contributed by atoms with E-state index >= 15 is 0 Å². The van der Waals surface area contributed by atoms with Crippen LogP contribution in [0.1, 0.15) is 12.5 Å². The lowest BCUT2D eigenvalue weighted by Crippen LogP contribution is -2.15. The first-order valence-electron chi connectivity index (χ1n) is 6.11. The second-order valence-corrected chi connectivity index (χ2v) is 4.60. The highest BCUT2D eigenvalue weighted by atomic mass is 17.1. The van der Waals surface area contributed by atoms with Gasteiger partial charge in [0.2, 0.25) is 0 Å². The van der Waals surface area contributed by atoms with Gasteiger partial charge in [0.25, 0.3) is 0 Å². The van der Waals surface area contributed by atoms with Gasteiger partial charge in [0.15, 0.2) is 0 Å². The molecule has 106 valence electrons. The normalized spacial score (nSPS) is 12.3. The van der Waals surface area contributed by atoms with E-state index < -0.39 is 11.7 Å². The summed E-state index contributed by atoms with van der Waals surface area (Å²) in [5, 5.41) is 9.69. The van der Waals surface area contributed by atoms with E-state index in [1.807, 2.05) is 6.07 Å². The second-order valence-electron chi connectivity index (χ2n) is 4.60. The molecular weight excluding hydrogens is 260 g/mol. The lowest BCUT2D eigenvalue weighted by Gasteiger charge is -2.16. The minimum absolute atomic E-state index is 0.407. The lowest BCUT2D eigenvalue weighted by molar-refractivity contribution is -0.268. The van der Waals surface area contributed by atoms with Gasteiger partial charge in [-0.15, -0.1) is 0 Å². The van der Waals surface area contributed by atoms with E-state index in [1.54, 1.807) is 19.1 Å². The third-order valence-corrected chi connectivity index (χ3v) is 3.10. The van der Waals surface area contributed by atoms with Crippen molar-refractivity contribution >= 4 is 11.0 Å². The van der Waals surface area contributed by atoms with Crippen LogP contribution in [-0.4, -0.2) is 18.5 Å². The molecule has 0 saturated heterocycles. The molecule has 0 radical (unpaired) electrons. The Kier molecular flexibility index (Phi) is 4.22. The Morgan fingerprint density at radius 2 is 2.20 bits per heavy atom. The third kappa shape index (κ3) is 2.89. The van der Waals surface area contributed by atoms with E-state index in [2.05, 4.69) is 11.5 Å². The Labute approximate surface area is 116 Å². The maximum absolute atomic E-state index is 11.2. The SMILES string of the molecule is C=C(C)[C@H](Cc1cc2ccc(=O)oc2cc1OC)OO. The van der Waals surface area contributed by atoms with Crippen LogP contribution in [0.5, 0.6) is 5.75 Å². The minimum atomic E-state index is -0.517. The van der Waals surface area contributed by atoms with Crippen LogP contribution in [0.15, 0.2) is 45.6 Å². The molecule has 5 heteroatoms. The summed E-state index contributed by atoms with van der Waals surface area (Å²) in [6, 6.07) is 6.53. The highest BCUT2D eigenvalue weighted by Gasteiger charge is 2.15. The van der Waals surface area contributed by atoms with Crippen molar-refractivity contribution in [3.8, 4) is 5.75 Å². The number of rotatable bonds is 5. The van der Waals surface area contributed by atoms with Gasteiger partial charge in [0, 0.05) is 23.9 Å². The maximum Gasteiger partial charge on any atom is 0.336 e. The summed E-state index contributed by atoms with van der Waals surface area (Å²) in [6.45, 7) is 5.54. The highest BCUT2D eigenvalue weighted by molar-refractivity contribution is 5.79. The molecule has 1 atom stereocenters. The Balaban J connectivity index is 2.49. The maximum atomic E-state index is 11.2. The zero-order valence-corrected chi connectivity index (χ0v) is 11.4. The van der Waals surface area contributed by atoms with Gasteiger partial charge in [-0.1, -0.05) is 6.58 Å². The van der Waals surface area contributed by atoms with Gasteiger partial charge in [0.05, 0.1) is 7.11 Å². The van der Waals surface area contributed by atoms with Crippen LogP contribution in [0, 0.1) is 0 Å². The second kappa shape index (κ2) is 5.90. The summed E-state index contributed by atoms with van der Waals surface area (Å²) in [5.74, 6) is 0.565. The molecule has 1 aromatic heterocycles. The van der Waals surface area contributed by atoms with Crippen LogP contribution in [0.25, 0.3) is 11.0 Å². The Hall–Kier alpha value is -2.11. The summed E-state index contributed by atoms with van der Waals surface area (Å²) in [6.07, 6.45) is -0.110. The molecule has 0 spiro atoms. The van der Waals surface area contributed by atoms with Crippen molar-refractivity contribution in [2.24, 2.45) is 0 Å². The Morgan fingerprint density at radius 3 is 2.80 bits per heavy atom. The molecule has 2 aromatic rings. The Morgan fingerprint density at radius 1 is 1.45 bits per heavy atom. The van der Waals surface area contributed by atoms with Gasteiger partial charge in [-0.05, 0) is 30.2 Å². The smallest absolute Gasteiger partial charge is 0.336 e. The van der Waals surface area contributed by atoms with Gasteiger partial charge >= 0.3 is 5.63 Å². The van der Waals surface area contributed by atoms with Crippen LogP contribution >= 0.6 is 0 Å². The van der Waals surface area contributed by atoms with Crippen molar-refractivity contribution in [3.05, 3.63) is 52.4 Å². The van der Waals surface area contributed by atoms with Crippen molar-refractivity contribution in [3.63, 3.8) is 0 Å². The molecule has 1 aromatic carbocycles. The number of hydrogen-bond acceptors (Lipinski definition) is 5. The molecule has 5 nitrogen and oxygen atoms in total. The number of methoxy groups -OCH3 is 1. The molecule has 20 heavy (non-hydrogen) atoms. The van der Waals surface area contributed by atoms with E-state index in [-0.39, 0.29) is 0 Å². The van der Waals surface area contributed by atoms with Gasteiger partial charge in [-0.2, -0.15) is 0 Å². The summed E-state index contributed by atoms with van der Waals surface area (Å²) in [7, 11) is 1.53. The van der Waals surface area contributed by atoms with Gasteiger partial charge in [-0.25, -0.2) is 9.68 Å². The molecule has 0 amide bonds. The quantitative estimate of drug-likeness (QED) is 0.393. The lowest BCUT2D eigenvalue weighted by atomic mass is 10.0. The average molecular weight is 276 g/mol. The van der Waals surface area contributed by atoms with Crippen LogP contribution in [0.3, 0.4) is 0 Å². The van der Waals surface area contributed by atoms with E-state index in [1.165, 1.54) is 13.2 Å². The molecule has 0 saturated carbocycles. The molecule has 0 aliphatic heterocycles. The number of ether oxygens (including phenoxy) is 1. The topological polar surface area (TPSA) is 68.9 Å². The fourth-order valence-corrected chi connectivity index (χ4v) is 1.99. The van der Waals surface area contributed by atoms with Crippen molar-refractivity contribution in [1.29, 1.82) is 0 Å². The fraction of sp³-hybridized carbons (Fsp3) is 0.267. The predicted molar refractivity (Wildman–Crippen MR) is 75.1 cm³/mol. The van der Waals surface area contributed by atoms with E-state index in [4.69, 9.17) is 14.4 Å². The van der Waals surface area contributed by atoms with Crippen molar-refractivity contribution < 1.29 is 19.3 Å². The third-order valence-electron chi connectivity index (χ3n) is 3.10. The van der Waals surface area contributed by atoms with Crippen molar-refractivity contribution in [2.75, 3.05) is 7.11 Å². The summed E-state index contributed by atoms with van der Waals surface area (Å²) >= 11 is 0. The molecule has 1 heterocycles. The summed E-state index contributed by atoms with van der Waals surface area (Å²) in [4.78, 5) is 15.6. The number of hydrogen-bond donors (Lipinski definition) is 1. The van der Waals surface area contributed by atoms with Gasteiger partial charge < -0.3 is 9.15 Å². The largest absolute Gasteiger partial charge is 0.496 e. The highest BCUT2D eigenvalue weighted by Crippen LogP contribution is 2.27. The van der Waals surface area contributed by atoms with Crippen LogP contribution in [-0.2, 0) is 11.3 Å². The standard InChI is InChI=1S/C15H16O5/c1-9(2)12(20-17)7-11-6-10-4-5-15(16)19-14(10)8-13(11)18-3/h4-6,8,12,17H,1,7H2,2-3H3/t12-/m0/s1. The minimum Gasteiger partial charge on any atom is -0.496 e. The zero-order valence-electron chi connectivity index (χ0n) is 11.4. The Bertz CT molecular complexity index is 686. The molecule has 0 aliphatic carbocycles. The van der Waals surface area contributed by atoms with Crippen LogP contribution in [0.4, 0.5) is 0 Å². The van der Waals surface area contributed by atoms with E-state index in [0.717, 1.165) is 10.9 Å². The summed E-state index contributed by atoms with van der Waals surface area (Å²) < 4.78 is 10.4. The molecular formula is C15H16O5. The molecule has 0 aliphatic rings. The van der Waals surface area contributed by atoms with Gasteiger partial charge in [0.1, 0.15) is 17.4 Å². The molecule has 0 unspecified atom stereocenters. The molecule has 0 bridgehead atoms. The fourth-order valence-electron chi connectivity index (χ4n) is 1.99.